The Kier molecular flexibility index (Phi) is 4.81. The molecule has 0 spiro atoms. The molecule has 1 aromatic heterocycles. The van der Waals surface area contributed by atoms with Crippen LogP contribution < -0.4 is 0 Å². The quantitative estimate of drug-likeness (QED) is 0.649. The maximum absolute atomic E-state index is 13.2. The topological polar surface area (TPSA) is 45.6 Å². The fraction of sp³-hybridized carbons (Fsp3) is 0.360. The minimum Gasteiger partial charge on any atom is -0.348 e. The first-order chi connectivity index (χ1) is 14.6. The molecule has 1 fully saturated rings. The molecule has 0 aliphatic carbocycles. The van der Waals surface area contributed by atoms with Gasteiger partial charge in [0.15, 0.2) is 0 Å². The Morgan fingerprint density at radius 2 is 1.63 bits per heavy atom. The minimum absolute atomic E-state index is 0.00512. The lowest BCUT2D eigenvalue weighted by molar-refractivity contribution is -0.140. The molecular weight excluding hydrogens is 374 g/mol. The summed E-state index contributed by atoms with van der Waals surface area (Å²) in [5, 5.41) is 2.07. The van der Waals surface area contributed by atoms with E-state index in [1.54, 1.807) is 0 Å². The van der Waals surface area contributed by atoms with Crippen molar-refractivity contribution in [3.8, 4) is 0 Å². The van der Waals surface area contributed by atoms with Gasteiger partial charge >= 0.3 is 0 Å². The van der Waals surface area contributed by atoms with Crippen LogP contribution in [0.15, 0.2) is 60.8 Å². The van der Waals surface area contributed by atoms with E-state index >= 15 is 0 Å². The molecule has 2 amide bonds. The molecule has 5 rings (SSSR count). The summed E-state index contributed by atoms with van der Waals surface area (Å²) < 4.78 is 2.24. The van der Waals surface area contributed by atoms with E-state index in [9.17, 15) is 9.59 Å². The average Bonchev–Trinajstić information content (AvgIpc) is 3.28. The predicted octanol–water partition coefficient (Wildman–Crippen LogP) is 4.10. The second-order valence-electron chi connectivity index (χ2n) is 8.43. The maximum atomic E-state index is 13.2. The SMILES string of the molecule is CC1c2cccn2CCN1C(=O)C1CCN(C(=O)c2cccc3ccccc23)CC1. The number of piperidine rings is 1. The Balaban J connectivity index is 1.26. The molecule has 0 bridgehead atoms. The van der Waals surface area contributed by atoms with E-state index in [4.69, 9.17) is 0 Å². The van der Waals surface area contributed by atoms with E-state index in [2.05, 4.69) is 29.8 Å². The third-order valence-electron chi connectivity index (χ3n) is 6.78. The van der Waals surface area contributed by atoms with Gasteiger partial charge in [-0.05, 0) is 48.7 Å². The summed E-state index contributed by atoms with van der Waals surface area (Å²) >= 11 is 0. The summed E-state index contributed by atoms with van der Waals surface area (Å²) in [5.41, 5.74) is 1.96. The second kappa shape index (κ2) is 7.63. The number of fused-ring (bicyclic) bond motifs is 2. The van der Waals surface area contributed by atoms with E-state index in [0.717, 1.165) is 42.3 Å². The number of amides is 2. The summed E-state index contributed by atoms with van der Waals surface area (Å²) in [5.74, 6) is 0.319. The van der Waals surface area contributed by atoms with E-state index in [1.165, 1.54) is 5.69 Å². The summed E-state index contributed by atoms with van der Waals surface area (Å²) in [4.78, 5) is 30.4. The number of carbonyl (C=O) groups excluding carboxylic acids is 2. The van der Waals surface area contributed by atoms with E-state index in [1.807, 2.05) is 52.3 Å². The fourth-order valence-electron chi connectivity index (χ4n) is 5.03. The molecule has 2 aromatic carbocycles. The maximum Gasteiger partial charge on any atom is 0.254 e. The third-order valence-corrected chi connectivity index (χ3v) is 6.78. The Hall–Kier alpha value is -3.08. The van der Waals surface area contributed by atoms with Crippen molar-refractivity contribution in [3.63, 3.8) is 0 Å². The molecular formula is C25H27N3O2. The normalized spacial score (nSPS) is 19.7. The monoisotopic (exact) mass is 401 g/mol. The van der Waals surface area contributed by atoms with Crippen molar-refractivity contribution in [1.82, 2.24) is 14.4 Å². The van der Waals surface area contributed by atoms with Crippen molar-refractivity contribution in [2.75, 3.05) is 19.6 Å². The molecule has 2 aliphatic heterocycles. The van der Waals surface area contributed by atoms with Crippen LogP contribution in [0.1, 0.15) is 41.9 Å². The largest absolute Gasteiger partial charge is 0.348 e. The zero-order valence-electron chi connectivity index (χ0n) is 17.3. The third kappa shape index (κ3) is 3.18. The first-order valence-corrected chi connectivity index (χ1v) is 10.9. The van der Waals surface area contributed by atoms with Gasteiger partial charge < -0.3 is 14.4 Å². The number of hydrogen-bond acceptors (Lipinski definition) is 2. The van der Waals surface area contributed by atoms with Gasteiger partial charge in [0.2, 0.25) is 5.91 Å². The molecule has 1 saturated heterocycles. The van der Waals surface area contributed by atoms with Gasteiger partial charge in [-0.3, -0.25) is 9.59 Å². The summed E-state index contributed by atoms with van der Waals surface area (Å²) in [6.07, 6.45) is 3.56. The van der Waals surface area contributed by atoms with Crippen LogP contribution in [0.3, 0.4) is 0 Å². The summed E-state index contributed by atoms with van der Waals surface area (Å²) in [6.45, 7) is 5.00. The van der Waals surface area contributed by atoms with Gasteiger partial charge in [-0.25, -0.2) is 0 Å². The second-order valence-corrected chi connectivity index (χ2v) is 8.43. The first kappa shape index (κ1) is 18.9. The van der Waals surface area contributed by atoms with E-state index in [-0.39, 0.29) is 23.8 Å². The number of likely N-dealkylation sites (tertiary alicyclic amines) is 1. The standard InChI is InChI=1S/C25H27N3O2/c1-18-23-10-5-13-26(23)16-17-28(18)24(29)20-11-14-27(15-12-20)25(30)22-9-4-7-19-6-2-3-8-21(19)22/h2-10,13,18,20H,11-12,14-17H2,1H3. The van der Waals surface area contributed by atoms with Gasteiger partial charge in [0, 0.05) is 49.6 Å². The van der Waals surface area contributed by atoms with E-state index < -0.39 is 0 Å². The lowest BCUT2D eigenvalue weighted by Crippen LogP contribution is -2.47. The predicted molar refractivity (Wildman–Crippen MR) is 117 cm³/mol. The molecule has 0 saturated carbocycles. The highest BCUT2D eigenvalue weighted by atomic mass is 16.2. The molecule has 30 heavy (non-hydrogen) atoms. The van der Waals surface area contributed by atoms with Gasteiger partial charge in [0.1, 0.15) is 0 Å². The molecule has 2 aliphatic rings. The molecule has 1 unspecified atom stereocenters. The lowest BCUT2D eigenvalue weighted by atomic mass is 9.93. The van der Waals surface area contributed by atoms with Crippen LogP contribution in [0.25, 0.3) is 10.8 Å². The van der Waals surface area contributed by atoms with Gasteiger partial charge in [0.25, 0.3) is 5.91 Å². The number of nitrogens with zero attached hydrogens (tertiary/aromatic N) is 3. The molecule has 5 heteroatoms. The van der Waals surface area contributed by atoms with Crippen molar-refractivity contribution in [1.29, 1.82) is 0 Å². The molecule has 3 aromatic rings. The zero-order valence-corrected chi connectivity index (χ0v) is 17.3. The van der Waals surface area contributed by atoms with Crippen LogP contribution in [-0.2, 0) is 11.3 Å². The Morgan fingerprint density at radius 1 is 0.867 bits per heavy atom. The number of hydrogen-bond donors (Lipinski definition) is 0. The molecule has 154 valence electrons. The van der Waals surface area contributed by atoms with Crippen molar-refractivity contribution in [3.05, 3.63) is 72.1 Å². The molecule has 0 N–H and O–H groups in total. The highest BCUT2D eigenvalue weighted by Crippen LogP contribution is 2.30. The van der Waals surface area contributed by atoms with Crippen LogP contribution in [0.4, 0.5) is 0 Å². The van der Waals surface area contributed by atoms with Crippen LogP contribution in [0.2, 0.25) is 0 Å². The molecule has 0 radical (unpaired) electrons. The van der Waals surface area contributed by atoms with E-state index in [0.29, 0.717) is 13.1 Å². The van der Waals surface area contributed by atoms with Crippen LogP contribution in [0.5, 0.6) is 0 Å². The van der Waals surface area contributed by atoms with Crippen molar-refractivity contribution in [2.45, 2.75) is 32.4 Å². The van der Waals surface area contributed by atoms with Crippen molar-refractivity contribution >= 4 is 22.6 Å². The number of aromatic nitrogens is 1. The highest BCUT2D eigenvalue weighted by Gasteiger charge is 2.34. The minimum atomic E-state index is 0.00512. The fourth-order valence-corrected chi connectivity index (χ4v) is 5.03. The van der Waals surface area contributed by atoms with Crippen molar-refractivity contribution < 1.29 is 9.59 Å². The smallest absolute Gasteiger partial charge is 0.254 e. The lowest BCUT2D eigenvalue weighted by Gasteiger charge is -2.39. The summed E-state index contributed by atoms with van der Waals surface area (Å²) in [6, 6.07) is 18.2. The average molecular weight is 402 g/mol. The highest BCUT2D eigenvalue weighted by molar-refractivity contribution is 6.07. The zero-order chi connectivity index (χ0) is 20.7. The van der Waals surface area contributed by atoms with Crippen molar-refractivity contribution in [2.24, 2.45) is 5.92 Å². The molecule has 1 atom stereocenters. The Labute approximate surface area is 176 Å². The Morgan fingerprint density at radius 3 is 2.47 bits per heavy atom. The van der Waals surface area contributed by atoms with Gasteiger partial charge in [0.05, 0.1) is 6.04 Å². The van der Waals surface area contributed by atoms with Gasteiger partial charge in [-0.15, -0.1) is 0 Å². The number of carbonyl (C=O) groups is 2. The van der Waals surface area contributed by atoms with Crippen LogP contribution in [-0.4, -0.2) is 45.8 Å². The van der Waals surface area contributed by atoms with Crippen LogP contribution in [0, 0.1) is 5.92 Å². The molecule has 5 nitrogen and oxygen atoms in total. The number of benzene rings is 2. The number of rotatable bonds is 2. The summed E-state index contributed by atoms with van der Waals surface area (Å²) in [7, 11) is 0. The molecule has 3 heterocycles. The van der Waals surface area contributed by atoms with Gasteiger partial charge in [-0.1, -0.05) is 36.4 Å². The Bertz CT molecular complexity index is 1090. The van der Waals surface area contributed by atoms with Gasteiger partial charge in [-0.2, -0.15) is 0 Å². The van der Waals surface area contributed by atoms with Crippen LogP contribution >= 0.6 is 0 Å². The first-order valence-electron chi connectivity index (χ1n) is 10.9.